The number of nitrogens with zero attached hydrogens (tertiary/aromatic N) is 2. The van der Waals surface area contributed by atoms with Gasteiger partial charge >= 0.3 is 0 Å². The second-order valence-corrected chi connectivity index (χ2v) is 6.32. The average Bonchev–Trinajstić information content (AvgIpc) is 3.12. The summed E-state index contributed by atoms with van der Waals surface area (Å²) in [6, 6.07) is 12.8. The quantitative estimate of drug-likeness (QED) is 0.698. The Morgan fingerprint density at radius 2 is 1.88 bits per heavy atom. The molecule has 0 spiro atoms. The molecule has 0 aliphatic rings. The lowest BCUT2D eigenvalue weighted by Gasteiger charge is -2.09. The third kappa shape index (κ3) is 4.67. The molecule has 134 valence electrons. The maximum atomic E-state index is 12.9. The first-order valence-electron chi connectivity index (χ1n) is 8.14. The van der Waals surface area contributed by atoms with E-state index in [2.05, 4.69) is 15.5 Å². The lowest BCUT2D eigenvalue weighted by atomic mass is 10.1. The number of aryl methyl sites for hydroxylation is 1. The highest BCUT2D eigenvalue weighted by Gasteiger charge is 2.17. The first-order chi connectivity index (χ1) is 12.5. The molecule has 26 heavy (non-hydrogen) atoms. The molecular formula is C19H17ClFN3O2. The first-order valence-corrected chi connectivity index (χ1v) is 8.52. The normalized spacial score (nSPS) is 12.0. The van der Waals surface area contributed by atoms with Gasteiger partial charge in [-0.2, -0.15) is 4.98 Å². The molecule has 1 unspecified atom stereocenters. The number of rotatable bonds is 6. The van der Waals surface area contributed by atoms with Crippen molar-refractivity contribution in [3.05, 3.63) is 70.8 Å². The minimum atomic E-state index is -0.388. The van der Waals surface area contributed by atoms with Gasteiger partial charge in [-0.3, -0.25) is 4.79 Å². The Bertz CT molecular complexity index is 879. The van der Waals surface area contributed by atoms with Crippen molar-refractivity contribution >= 4 is 17.5 Å². The van der Waals surface area contributed by atoms with Gasteiger partial charge in [0.25, 0.3) is 5.89 Å². The lowest BCUT2D eigenvalue weighted by Crippen LogP contribution is -2.27. The molecule has 1 atom stereocenters. The zero-order valence-corrected chi connectivity index (χ0v) is 14.8. The molecule has 0 aliphatic heterocycles. The fraction of sp³-hybridized carbons (Fsp3) is 0.211. The van der Waals surface area contributed by atoms with Crippen molar-refractivity contribution in [1.82, 2.24) is 15.5 Å². The third-order valence-electron chi connectivity index (χ3n) is 3.85. The number of benzene rings is 2. The summed E-state index contributed by atoms with van der Waals surface area (Å²) in [5.41, 5.74) is 1.65. The summed E-state index contributed by atoms with van der Waals surface area (Å²) in [5.74, 6) is 0.328. The van der Waals surface area contributed by atoms with Gasteiger partial charge in [-0.15, -0.1) is 0 Å². The van der Waals surface area contributed by atoms with Crippen LogP contribution in [0.3, 0.4) is 0 Å². The second kappa shape index (κ2) is 8.10. The van der Waals surface area contributed by atoms with Gasteiger partial charge in [0, 0.05) is 17.0 Å². The van der Waals surface area contributed by atoms with Gasteiger partial charge in [0.05, 0.1) is 6.04 Å². The summed E-state index contributed by atoms with van der Waals surface area (Å²) in [5, 5.41) is 7.37. The molecular weight excluding hydrogens is 357 g/mol. The van der Waals surface area contributed by atoms with Crippen molar-refractivity contribution < 1.29 is 13.7 Å². The monoisotopic (exact) mass is 373 g/mol. The highest BCUT2D eigenvalue weighted by atomic mass is 35.5. The Labute approximate surface area is 155 Å². The van der Waals surface area contributed by atoms with Gasteiger partial charge < -0.3 is 9.84 Å². The molecule has 5 nitrogen and oxygen atoms in total. The van der Waals surface area contributed by atoms with Gasteiger partial charge in [0.2, 0.25) is 5.91 Å². The number of halogens is 2. The van der Waals surface area contributed by atoms with Gasteiger partial charge in [-0.05, 0) is 55.3 Å². The van der Waals surface area contributed by atoms with E-state index in [0.29, 0.717) is 23.2 Å². The maximum Gasteiger partial charge on any atom is 0.257 e. The molecule has 0 saturated heterocycles. The Balaban J connectivity index is 1.55. The van der Waals surface area contributed by atoms with Crippen LogP contribution in [-0.2, 0) is 11.2 Å². The van der Waals surface area contributed by atoms with Crippen LogP contribution in [0.1, 0.15) is 30.8 Å². The highest BCUT2D eigenvalue weighted by molar-refractivity contribution is 6.30. The average molecular weight is 374 g/mol. The van der Waals surface area contributed by atoms with E-state index >= 15 is 0 Å². The van der Waals surface area contributed by atoms with Crippen molar-refractivity contribution in [3.63, 3.8) is 0 Å². The Hall–Kier alpha value is -2.73. The predicted octanol–water partition coefficient (Wildman–Crippen LogP) is 4.34. The second-order valence-electron chi connectivity index (χ2n) is 5.88. The Morgan fingerprint density at radius 1 is 1.19 bits per heavy atom. The van der Waals surface area contributed by atoms with Crippen LogP contribution in [0, 0.1) is 5.82 Å². The van der Waals surface area contributed by atoms with E-state index in [-0.39, 0.29) is 24.2 Å². The minimum absolute atomic E-state index is 0.139. The molecule has 1 heterocycles. The van der Waals surface area contributed by atoms with Gasteiger partial charge in [0.1, 0.15) is 5.82 Å². The van der Waals surface area contributed by atoms with Crippen LogP contribution < -0.4 is 5.32 Å². The van der Waals surface area contributed by atoms with E-state index < -0.39 is 0 Å². The molecule has 0 fully saturated rings. The fourth-order valence-electron chi connectivity index (χ4n) is 2.41. The van der Waals surface area contributed by atoms with E-state index in [0.717, 1.165) is 11.1 Å². The summed E-state index contributed by atoms with van der Waals surface area (Å²) in [4.78, 5) is 16.4. The van der Waals surface area contributed by atoms with E-state index in [4.69, 9.17) is 16.1 Å². The van der Waals surface area contributed by atoms with Crippen LogP contribution in [0.15, 0.2) is 53.1 Å². The molecule has 1 amide bonds. The van der Waals surface area contributed by atoms with Gasteiger partial charge in [0.15, 0.2) is 5.82 Å². The van der Waals surface area contributed by atoms with Gasteiger partial charge in [-0.25, -0.2) is 4.39 Å². The third-order valence-corrected chi connectivity index (χ3v) is 4.10. The maximum absolute atomic E-state index is 12.9. The summed E-state index contributed by atoms with van der Waals surface area (Å²) in [6.07, 6.45) is 0.818. The molecule has 0 saturated carbocycles. The van der Waals surface area contributed by atoms with Crippen LogP contribution in [0.2, 0.25) is 5.02 Å². The van der Waals surface area contributed by atoms with Crippen LogP contribution in [-0.4, -0.2) is 16.0 Å². The molecule has 1 N–H and O–H groups in total. The molecule has 0 radical (unpaired) electrons. The number of carbonyl (C=O) groups excluding carboxylic acids is 1. The summed E-state index contributed by atoms with van der Waals surface area (Å²) in [6.45, 7) is 1.78. The van der Waals surface area contributed by atoms with E-state index in [1.54, 1.807) is 43.3 Å². The Kier molecular flexibility index (Phi) is 5.63. The van der Waals surface area contributed by atoms with Crippen LogP contribution in [0.25, 0.3) is 11.5 Å². The van der Waals surface area contributed by atoms with Crippen LogP contribution in [0.5, 0.6) is 0 Å². The van der Waals surface area contributed by atoms with Crippen molar-refractivity contribution in [2.24, 2.45) is 0 Å². The number of carbonyl (C=O) groups is 1. The molecule has 0 bridgehead atoms. The molecule has 3 aromatic rings. The zero-order valence-electron chi connectivity index (χ0n) is 14.1. The van der Waals surface area contributed by atoms with E-state index in [1.807, 2.05) is 0 Å². The summed E-state index contributed by atoms with van der Waals surface area (Å²) < 4.78 is 18.1. The summed E-state index contributed by atoms with van der Waals surface area (Å²) in [7, 11) is 0. The first kappa shape index (κ1) is 18.1. The lowest BCUT2D eigenvalue weighted by molar-refractivity contribution is -0.121. The van der Waals surface area contributed by atoms with E-state index in [1.165, 1.54) is 12.1 Å². The van der Waals surface area contributed by atoms with Crippen LogP contribution >= 0.6 is 11.6 Å². The van der Waals surface area contributed by atoms with E-state index in [9.17, 15) is 9.18 Å². The molecule has 7 heteroatoms. The molecule has 1 aromatic heterocycles. The highest BCUT2D eigenvalue weighted by Crippen LogP contribution is 2.21. The fourth-order valence-corrected chi connectivity index (χ4v) is 2.53. The summed E-state index contributed by atoms with van der Waals surface area (Å²) >= 11 is 5.86. The molecule has 3 rings (SSSR count). The smallest absolute Gasteiger partial charge is 0.257 e. The van der Waals surface area contributed by atoms with Crippen molar-refractivity contribution in [2.75, 3.05) is 0 Å². The SMILES string of the molecule is CC(NC(=O)CCc1ccc(F)cc1)c1noc(-c2ccc(Cl)cc2)n1. The number of aromatic nitrogens is 2. The van der Waals surface area contributed by atoms with Crippen molar-refractivity contribution in [2.45, 2.75) is 25.8 Å². The van der Waals surface area contributed by atoms with Crippen molar-refractivity contribution in [3.8, 4) is 11.5 Å². The zero-order chi connectivity index (χ0) is 18.5. The standard InChI is InChI=1S/C19H17ClFN3O2/c1-12(22-17(25)11-4-13-2-9-16(21)10-3-13)18-23-19(26-24-18)14-5-7-15(20)8-6-14/h2-3,5-10,12H,4,11H2,1H3,(H,22,25). The minimum Gasteiger partial charge on any atom is -0.346 e. The number of amides is 1. The Morgan fingerprint density at radius 3 is 2.58 bits per heavy atom. The predicted molar refractivity (Wildman–Crippen MR) is 96.0 cm³/mol. The molecule has 0 aliphatic carbocycles. The van der Waals surface area contributed by atoms with Crippen molar-refractivity contribution in [1.29, 1.82) is 0 Å². The number of nitrogens with one attached hydrogen (secondary N) is 1. The topological polar surface area (TPSA) is 68.0 Å². The number of hydrogen-bond acceptors (Lipinski definition) is 4. The van der Waals surface area contributed by atoms with Gasteiger partial charge in [-0.1, -0.05) is 28.9 Å². The number of hydrogen-bond donors (Lipinski definition) is 1. The van der Waals surface area contributed by atoms with Crippen LogP contribution in [0.4, 0.5) is 4.39 Å². The largest absolute Gasteiger partial charge is 0.346 e. The molecule has 2 aromatic carbocycles.